The molecule has 1 aromatic heterocycles. The van der Waals surface area contributed by atoms with E-state index < -0.39 is 11.5 Å². The number of furan rings is 1. The average molecular weight is 283 g/mol. The second-order valence-electron chi connectivity index (χ2n) is 4.68. The summed E-state index contributed by atoms with van der Waals surface area (Å²) in [6.07, 6.45) is 4.98. The molecule has 1 aliphatic heterocycles. The molecule has 5 nitrogen and oxygen atoms in total. The highest BCUT2D eigenvalue weighted by atomic mass is 32.2. The van der Waals surface area contributed by atoms with Crippen molar-refractivity contribution in [2.24, 2.45) is 0 Å². The van der Waals surface area contributed by atoms with Crippen LogP contribution in [-0.2, 0) is 16.0 Å². The Bertz CT molecular complexity index is 438. The van der Waals surface area contributed by atoms with Crippen molar-refractivity contribution in [2.45, 2.75) is 31.2 Å². The summed E-state index contributed by atoms with van der Waals surface area (Å²) in [5.74, 6) is 0.405. The minimum Gasteiger partial charge on any atom is -0.480 e. The van der Waals surface area contributed by atoms with E-state index in [2.05, 4.69) is 5.32 Å². The molecule has 0 saturated carbocycles. The quantitative estimate of drug-likeness (QED) is 0.859. The number of thioether (sulfide) groups is 1. The lowest BCUT2D eigenvalue weighted by molar-refractivity contribution is -0.148. The molecule has 6 heteroatoms. The molecule has 0 aliphatic carbocycles. The lowest BCUT2D eigenvalue weighted by atomic mass is 9.92. The first-order chi connectivity index (χ1) is 9.12. The van der Waals surface area contributed by atoms with Crippen LogP contribution in [0.2, 0.25) is 0 Å². The van der Waals surface area contributed by atoms with Crippen LogP contribution in [0.25, 0.3) is 0 Å². The smallest absolute Gasteiger partial charge is 0.329 e. The molecule has 2 rings (SSSR count). The Morgan fingerprint density at radius 2 is 2.16 bits per heavy atom. The van der Waals surface area contributed by atoms with Crippen molar-refractivity contribution >= 4 is 23.6 Å². The summed E-state index contributed by atoms with van der Waals surface area (Å²) in [6, 6.07) is 1.80. The zero-order chi connectivity index (χ0) is 13.7. The molecule has 0 atom stereocenters. The van der Waals surface area contributed by atoms with Gasteiger partial charge in [0.2, 0.25) is 5.91 Å². The normalized spacial score (nSPS) is 17.9. The number of nitrogens with one attached hydrogen (secondary N) is 1. The summed E-state index contributed by atoms with van der Waals surface area (Å²) >= 11 is 1.73. The zero-order valence-electron chi connectivity index (χ0n) is 10.6. The molecule has 1 amide bonds. The van der Waals surface area contributed by atoms with Crippen molar-refractivity contribution in [1.29, 1.82) is 0 Å². The van der Waals surface area contributed by atoms with Crippen molar-refractivity contribution in [3.63, 3.8) is 0 Å². The Hall–Kier alpha value is -1.43. The third kappa shape index (κ3) is 3.53. The number of carboxylic acids is 1. The Morgan fingerprint density at radius 3 is 2.74 bits per heavy atom. The highest BCUT2D eigenvalue weighted by Gasteiger charge is 2.41. The summed E-state index contributed by atoms with van der Waals surface area (Å²) in [5, 5.41) is 12.1. The molecule has 0 bridgehead atoms. The number of amides is 1. The van der Waals surface area contributed by atoms with E-state index in [4.69, 9.17) is 4.42 Å². The Labute approximate surface area is 115 Å². The number of carboxylic acid groups (broad SMARTS) is 1. The first-order valence-electron chi connectivity index (χ1n) is 6.26. The van der Waals surface area contributed by atoms with E-state index in [-0.39, 0.29) is 12.3 Å². The van der Waals surface area contributed by atoms with Gasteiger partial charge < -0.3 is 14.8 Å². The SMILES string of the molecule is O=C(CCc1ccoc1)NC1(C(=O)O)CCSCC1. The van der Waals surface area contributed by atoms with E-state index in [1.54, 1.807) is 30.4 Å². The molecule has 1 saturated heterocycles. The van der Waals surface area contributed by atoms with Gasteiger partial charge in [-0.05, 0) is 42.4 Å². The van der Waals surface area contributed by atoms with Crippen molar-refractivity contribution in [2.75, 3.05) is 11.5 Å². The highest BCUT2D eigenvalue weighted by molar-refractivity contribution is 7.99. The van der Waals surface area contributed by atoms with Crippen molar-refractivity contribution in [3.05, 3.63) is 24.2 Å². The van der Waals surface area contributed by atoms with E-state index in [0.29, 0.717) is 19.3 Å². The molecule has 0 spiro atoms. The minimum absolute atomic E-state index is 0.212. The molecule has 0 unspecified atom stereocenters. The number of carbonyl (C=O) groups is 2. The molecule has 0 radical (unpaired) electrons. The van der Waals surface area contributed by atoms with Gasteiger partial charge in [-0.3, -0.25) is 4.79 Å². The molecule has 2 heterocycles. The lowest BCUT2D eigenvalue weighted by Crippen LogP contribution is -2.56. The van der Waals surface area contributed by atoms with Gasteiger partial charge in [-0.25, -0.2) is 4.79 Å². The fourth-order valence-corrected chi connectivity index (χ4v) is 3.32. The average Bonchev–Trinajstić information content (AvgIpc) is 2.90. The monoisotopic (exact) mass is 283 g/mol. The van der Waals surface area contributed by atoms with Crippen molar-refractivity contribution in [1.82, 2.24) is 5.32 Å². The van der Waals surface area contributed by atoms with Crippen LogP contribution < -0.4 is 5.32 Å². The van der Waals surface area contributed by atoms with E-state index in [0.717, 1.165) is 17.1 Å². The largest absolute Gasteiger partial charge is 0.480 e. The lowest BCUT2D eigenvalue weighted by Gasteiger charge is -2.33. The van der Waals surface area contributed by atoms with E-state index in [1.807, 2.05) is 0 Å². The number of carbonyl (C=O) groups excluding carboxylic acids is 1. The van der Waals surface area contributed by atoms with Gasteiger partial charge in [-0.1, -0.05) is 0 Å². The van der Waals surface area contributed by atoms with E-state index >= 15 is 0 Å². The standard InChI is InChI=1S/C13H17NO4S/c15-11(2-1-10-3-6-18-9-10)14-13(12(16)17)4-7-19-8-5-13/h3,6,9H,1-2,4-5,7-8H2,(H,14,15)(H,16,17). The van der Waals surface area contributed by atoms with Gasteiger partial charge in [-0.15, -0.1) is 0 Å². The van der Waals surface area contributed by atoms with Crippen LogP contribution in [0.15, 0.2) is 23.0 Å². The summed E-state index contributed by atoms with van der Waals surface area (Å²) in [6.45, 7) is 0. The number of rotatable bonds is 5. The fraction of sp³-hybridized carbons (Fsp3) is 0.538. The topological polar surface area (TPSA) is 79.5 Å². The maximum atomic E-state index is 11.9. The Morgan fingerprint density at radius 1 is 1.42 bits per heavy atom. The van der Waals surface area contributed by atoms with Gasteiger partial charge in [0, 0.05) is 6.42 Å². The zero-order valence-corrected chi connectivity index (χ0v) is 11.4. The van der Waals surface area contributed by atoms with Crippen LogP contribution in [0, 0.1) is 0 Å². The van der Waals surface area contributed by atoms with Crippen LogP contribution in [0.4, 0.5) is 0 Å². The van der Waals surface area contributed by atoms with Gasteiger partial charge in [-0.2, -0.15) is 11.8 Å². The van der Waals surface area contributed by atoms with Gasteiger partial charge in [0.15, 0.2) is 0 Å². The van der Waals surface area contributed by atoms with E-state index in [1.165, 1.54) is 0 Å². The minimum atomic E-state index is -1.07. The fourth-order valence-electron chi connectivity index (χ4n) is 2.13. The number of hydrogen-bond donors (Lipinski definition) is 2. The van der Waals surface area contributed by atoms with Gasteiger partial charge >= 0.3 is 5.97 Å². The highest BCUT2D eigenvalue weighted by Crippen LogP contribution is 2.27. The molecule has 104 valence electrons. The molecule has 1 aromatic rings. The van der Waals surface area contributed by atoms with Crippen LogP contribution in [0.3, 0.4) is 0 Å². The first kappa shape index (κ1) is 14.0. The van der Waals surface area contributed by atoms with Crippen LogP contribution >= 0.6 is 11.8 Å². The van der Waals surface area contributed by atoms with Crippen molar-refractivity contribution < 1.29 is 19.1 Å². The van der Waals surface area contributed by atoms with Crippen molar-refractivity contribution in [3.8, 4) is 0 Å². The van der Waals surface area contributed by atoms with Crippen LogP contribution in [-0.4, -0.2) is 34.0 Å². The molecule has 2 N–H and O–H groups in total. The second-order valence-corrected chi connectivity index (χ2v) is 5.90. The predicted octanol–water partition coefficient (Wildman–Crippen LogP) is 1.68. The van der Waals surface area contributed by atoms with Crippen LogP contribution in [0.5, 0.6) is 0 Å². The third-order valence-electron chi connectivity index (χ3n) is 3.36. The summed E-state index contributed by atoms with van der Waals surface area (Å²) in [5.41, 5.74) is -0.127. The van der Waals surface area contributed by atoms with Gasteiger partial charge in [0.05, 0.1) is 12.5 Å². The molecule has 1 aliphatic rings. The third-order valence-corrected chi connectivity index (χ3v) is 4.34. The maximum Gasteiger partial charge on any atom is 0.329 e. The molecule has 1 fully saturated rings. The predicted molar refractivity (Wildman–Crippen MR) is 72.1 cm³/mol. The molecular formula is C13H17NO4S. The Kier molecular flexibility index (Phi) is 4.52. The number of hydrogen-bond acceptors (Lipinski definition) is 4. The molecular weight excluding hydrogens is 266 g/mol. The second kappa shape index (κ2) is 6.14. The molecule has 0 aromatic carbocycles. The summed E-state index contributed by atoms with van der Waals surface area (Å²) in [4.78, 5) is 23.3. The molecule has 19 heavy (non-hydrogen) atoms. The van der Waals surface area contributed by atoms with Gasteiger partial charge in [0.25, 0.3) is 0 Å². The maximum absolute atomic E-state index is 11.9. The summed E-state index contributed by atoms with van der Waals surface area (Å²) in [7, 11) is 0. The number of aliphatic carboxylic acids is 1. The first-order valence-corrected chi connectivity index (χ1v) is 7.41. The summed E-state index contributed by atoms with van der Waals surface area (Å²) < 4.78 is 4.93. The van der Waals surface area contributed by atoms with Gasteiger partial charge in [0.1, 0.15) is 5.54 Å². The number of aryl methyl sites for hydroxylation is 1. The van der Waals surface area contributed by atoms with E-state index in [9.17, 15) is 14.7 Å². The Balaban J connectivity index is 1.90. The van der Waals surface area contributed by atoms with Crippen LogP contribution in [0.1, 0.15) is 24.8 Å².